The predicted molar refractivity (Wildman–Crippen MR) is 117 cm³/mol. The Morgan fingerprint density at radius 2 is 1.88 bits per heavy atom. The molecule has 2 aliphatic carbocycles. The third kappa shape index (κ3) is 3.08. The number of hydrogen-bond donors (Lipinski definition) is 2. The molecule has 5 rings (SSSR count). The molecule has 2 atom stereocenters. The van der Waals surface area contributed by atoms with Crippen molar-refractivity contribution in [3.05, 3.63) is 76.7 Å². The van der Waals surface area contributed by atoms with Gasteiger partial charge in [-0.1, -0.05) is 26.0 Å². The van der Waals surface area contributed by atoms with Gasteiger partial charge in [-0.3, -0.25) is 9.78 Å². The molecule has 0 saturated heterocycles. The third-order valence-electron chi connectivity index (χ3n) is 7.46. The van der Waals surface area contributed by atoms with Crippen molar-refractivity contribution in [1.82, 2.24) is 20.5 Å². The molecule has 2 bridgehead atoms. The van der Waals surface area contributed by atoms with Crippen LogP contribution in [0.25, 0.3) is 11.3 Å². The third-order valence-corrected chi connectivity index (χ3v) is 7.46. The van der Waals surface area contributed by atoms with Crippen LogP contribution in [0.4, 0.5) is 8.78 Å². The summed E-state index contributed by atoms with van der Waals surface area (Å²) in [4.78, 5) is 16.3. The summed E-state index contributed by atoms with van der Waals surface area (Å²) in [5.41, 5.74) is 2.56. The maximum Gasteiger partial charge on any atom is 0.246 e. The number of fused-ring (bicyclic) bond motifs is 5. The average molecular weight is 450 g/mol. The van der Waals surface area contributed by atoms with Crippen molar-refractivity contribution in [1.29, 1.82) is 0 Å². The van der Waals surface area contributed by atoms with Crippen LogP contribution in [-0.4, -0.2) is 32.8 Å². The first kappa shape index (κ1) is 21.6. The molecule has 1 amide bonds. The van der Waals surface area contributed by atoms with Crippen LogP contribution >= 0.6 is 0 Å². The largest absolute Gasteiger partial charge is 0.387 e. The molecule has 1 aromatic carbocycles. The highest BCUT2D eigenvalue weighted by atomic mass is 19.1. The number of rotatable bonds is 5. The van der Waals surface area contributed by atoms with Crippen molar-refractivity contribution >= 4 is 5.91 Å². The van der Waals surface area contributed by atoms with E-state index in [0.717, 1.165) is 29.8 Å². The number of nitrogens with one attached hydrogen (secondary N) is 1. The summed E-state index contributed by atoms with van der Waals surface area (Å²) in [7, 11) is 0. The first-order chi connectivity index (χ1) is 15.8. The van der Waals surface area contributed by atoms with E-state index in [1.807, 2.05) is 18.2 Å². The minimum Gasteiger partial charge on any atom is -0.387 e. The fourth-order valence-corrected chi connectivity index (χ4v) is 5.82. The number of halogens is 2. The number of benzene rings is 1. The lowest BCUT2D eigenvalue weighted by Gasteiger charge is -2.37. The van der Waals surface area contributed by atoms with Gasteiger partial charge in [0.25, 0.3) is 0 Å². The summed E-state index contributed by atoms with van der Waals surface area (Å²) in [5, 5.41) is 20.4. The van der Waals surface area contributed by atoms with E-state index in [1.165, 1.54) is 18.2 Å². The van der Waals surface area contributed by atoms with Crippen LogP contribution in [0.2, 0.25) is 0 Å². The van der Waals surface area contributed by atoms with Gasteiger partial charge in [0.15, 0.2) is 0 Å². The van der Waals surface area contributed by atoms with Crippen LogP contribution in [0.15, 0.2) is 42.5 Å². The summed E-state index contributed by atoms with van der Waals surface area (Å²) in [6.07, 6.45) is 1.73. The molecule has 8 heteroatoms. The molecule has 3 aromatic rings. The molecule has 2 aromatic heterocycles. The summed E-state index contributed by atoms with van der Waals surface area (Å²) in [6.45, 7) is 3.98. The smallest absolute Gasteiger partial charge is 0.246 e. The maximum absolute atomic E-state index is 14.4. The van der Waals surface area contributed by atoms with E-state index in [-0.39, 0.29) is 29.1 Å². The average Bonchev–Trinajstić information content (AvgIpc) is 3.18. The van der Waals surface area contributed by atoms with Gasteiger partial charge in [0, 0.05) is 0 Å². The van der Waals surface area contributed by atoms with E-state index in [1.54, 1.807) is 6.07 Å². The molecule has 2 heterocycles. The summed E-state index contributed by atoms with van der Waals surface area (Å²) in [5.74, 6) is -1.65. The van der Waals surface area contributed by atoms with Gasteiger partial charge in [-0.05, 0) is 60.1 Å². The molecule has 1 saturated carbocycles. The zero-order valence-electron chi connectivity index (χ0n) is 18.4. The van der Waals surface area contributed by atoms with Gasteiger partial charge < -0.3 is 10.4 Å². The van der Waals surface area contributed by atoms with Crippen LogP contribution in [0.3, 0.4) is 0 Å². The highest BCUT2D eigenvalue weighted by Crippen LogP contribution is 2.69. The van der Waals surface area contributed by atoms with Gasteiger partial charge in [0.2, 0.25) is 5.91 Å². The Balaban J connectivity index is 1.60. The molecule has 0 spiro atoms. The van der Waals surface area contributed by atoms with Gasteiger partial charge in [0.1, 0.15) is 18.2 Å². The Kier molecular flexibility index (Phi) is 5.01. The van der Waals surface area contributed by atoms with E-state index < -0.39 is 29.6 Å². The second-order valence-electron chi connectivity index (χ2n) is 9.30. The molecular weight excluding hydrogens is 426 g/mol. The minimum atomic E-state index is -0.666. The standard InChI is InChI=1S/C25H24F2N4O2/c1-24(2)16-9-10-25(24,20-8-3-5-14(29-20)12-28-21(33)13-32)23-15(16)11-19(30-31-23)22-17(26)6-4-7-18(22)27/h3-8,11,16,32H,9-10,12-13H2,1-2H3,(H,28,33)/t16-,25+/m0/s1. The van der Waals surface area contributed by atoms with Crippen molar-refractivity contribution in [2.24, 2.45) is 5.41 Å². The van der Waals surface area contributed by atoms with Crippen molar-refractivity contribution in [2.45, 2.75) is 44.6 Å². The van der Waals surface area contributed by atoms with Crippen LogP contribution in [0.5, 0.6) is 0 Å². The Morgan fingerprint density at radius 3 is 2.61 bits per heavy atom. The monoisotopic (exact) mass is 450 g/mol. The molecule has 2 aliphatic rings. The fraction of sp³-hybridized carbons (Fsp3) is 0.360. The molecule has 0 aliphatic heterocycles. The molecular formula is C25H24F2N4O2. The van der Waals surface area contributed by atoms with Crippen molar-refractivity contribution in [3.8, 4) is 11.3 Å². The van der Waals surface area contributed by atoms with E-state index in [0.29, 0.717) is 5.69 Å². The summed E-state index contributed by atoms with van der Waals surface area (Å²) >= 11 is 0. The molecule has 2 N–H and O–H groups in total. The lowest BCUT2D eigenvalue weighted by molar-refractivity contribution is -0.124. The minimum absolute atomic E-state index is 0.149. The Labute approximate surface area is 190 Å². The number of aliphatic hydroxyl groups is 1. The Hall–Kier alpha value is -3.26. The normalized spacial score (nSPS) is 22.3. The highest BCUT2D eigenvalue weighted by Gasteiger charge is 2.65. The number of pyridine rings is 1. The van der Waals surface area contributed by atoms with Crippen molar-refractivity contribution < 1.29 is 18.7 Å². The number of carbonyl (C=O) groups excluding carboxylic acids is 1. The summed E-state index contributed by atoms with van der Waals surface area (Å²) in [6, 6.07) is 11.2. The van der Waals surface area contributed by atoms with E-state index in [2.05, 4.69) is 29.4 Å². The van der Waals surface area contributed by atoms with Gasteiger partial charge >= 0.3 is 0 Å². The summed E-state index contributed by atoms with van der Waals surface area (Å²) < 4.78 is 28.8. The number of aromatic nitrogens is 3. The number of nitrogens with zero attached hydrogens (tertiary/aromatic N) is 3. The van der Waals surface area contributed by atoms with Crippen LogP contribution in [-0.2, 0) is 16.8 Å². The number of carbonyl (C=O) groups is 1. The topological polar surface area (TPSA) is 88.0 Å². The molecule has 0 radical (unpaired) electrons. The lowest BCUT2D eigenvalue weighted by atomic mass is 9.66. The molecule has 6 nitrogen and oxygen atoms in total. The molecule has 0 unspecified atom stereocenters. The van der Waals surface area contributed by atoms with Gasteiger partial charge in [0.05, 0.1) is 40.3 Å². The van der Waals surface area contributed by atoms with E-state index in [4.69, 9.17) is 10.1 Å². The Bertz CT molecular complexity index is 1240. The molecule has 1 fully saturated rings. The van der Waals surface area contributed by atoms with Crippen LogP contribution in [0.1, 0.15) is 55.3 Å². The van der Waals surface area contributed by atoms with Gasteiger partial charge in [-0.25, -0.2) is 8.78 Å². The van der Waals surface area contributed by atoms with Crippen LogP contribution in [0, 0.1) is 17.0 Å². The van der Waals surface area contributed by atoms with Crippen molar-refractivity contribution in [3.63, 3.8) is 0 Å². The lowest BCUT2D eigenvalue weighted by Crippen LogP contribution is -2.38. The molecule has 170 valence electrons. The Morgan fingerprint density at radius 1 is 1.15 bits per heavy atom. The first-order valence-electron chi connectivity index (χ1n) is 11.0. The molecule has 33 heavy (non-hydrogen) atoms. The van der Waals surface area contributed by atoms with Gasteiger partial charge in [-0.15, -0.1) is 5.10 Å². The second-order valence-corrected chi connectivity index (χ2v) is 9.30. The SMILES string of the molecule is CC1(C)[C@H]2CC[C@@]1(c1cccc(CNC(=O)CO)n1)c1nnc(-c3c(F)cccc3F)cc12. The number of amides is 1. The maximum atomic E-state index is 14.4. The quantitative estimate of drug-likeness (QED) is 0.620. The highest BCUT2D eigenvalue weighted by molar-refractivity contribution is 5.76. The van der Waals surface area contributed by atoms with Gasteiger partial charge in [-0.2, -0.15) is 5.10 Å². The van der Waals surface area contributed by atoms with E-state index in [9.17, 15) is 13.6 Å². The zero-order valence-corrected chi connectivity index (χ0v) is 18.4. The number of hydrogen-bond acceptors (Lipinski definition) is 5. The van der Waals surface area contributed by atoms with E-state index >= 15 is 0 Å². The van der Waals surface area contributed by atoms with Crippen molar-refractivity contribution in [2.75, 3.05) is 6.61 Å². The second kappa shape index (κ2) is 7.66. The fourth-order valence-electron chi connectivity index (χ4n) is 5.82. The first-order valence-corrected chi connectivity index (χ1v) is 11.0. The van der Waals surface area contributed by atoms with Crippen LogP contribution < -0.4 is 5.32 Å². The zero-order chi connectivity index (χ0) is 23.4. The number of aliphatic hydroxyl groups excluding tert-OH is 1. The predicted octanol–water partition coefficient (Wildman–Crippen LogP) is 3.63.